The summed E-state index contributed by atoms with van der Waals surface area (Å²) < 4.78 is 0. The molecule has 1 saturated heterocycles. The van der Waals surface area contributed by atoms with Gasteiger partial charge in [0.2, 0.25) is 5.91 Å². The highest BCUT2D eigenvalue weighted by molar-refractivity contribution is 6.30. The lowest BCUT2D eigenvalue weighted by Crippen LogP contribution is -3.16. The molecule has 22 heavy (non-hydrogen) atoms. The first-order valence-corrected chi connectivity index (χ1v) is 8.59. The first-order valence-electron chi connectivity index (χ1n) is 8.21. The van der Waals surface area contributed by atoms with Crippen molar-refractivity contribution < 1.29 is 9.69 Å². The highest BCUT2D eigenvalue weighted by Crippen LogP contribution is 2.11. The Morgan fingerprint density at radius 3 is 3.09 bits per heavy atom. The van der Waals surface area contributed by atoms with Crippen LogP contribution in [0.15, 0.2) is 30.3 Å². The summed E-state index contributed by atoms with van der Waals surface area (Å²) in [6.07, 6.45) is 8.45. The van der Waals surface area contributed by atoms with Gasteiger partial charge in [-0.1, -0.05) is 23.7 Å². The van der Waals surface area contributed by atoms with E-state index in [1.807, 2.05) is 24.3 Å². The van der Waals surface area contributed by atoms with Crippen LogP contribution in [0.3, 0.4) is 0 Å². The van der Waals surface area contributed by atoms with E-state index in [0.29, 0.717) is 5.02 Å². The number of rotatable bonds is 6. The molecule has 1 fully saturated rings. The minimum atomic E-state index is -0.0401. The number of carbonyl (C=O) groups excluding carboxylic acids is 1. The van der Waals surface area contributed by atoms with Crippen LogP contribution in [-0.4, -0.2) is 31.6 Å². The molecule has 0 spiro atoms. The molecule has 1 aromatic carbocycles. The molecule has 120 valence electrons. The number of quaternary nitrogens is 1. The van der Waals surface area contributed by atoms with Gasteiger partial charge in [0.25, 0.3) is 0 Å². The molecule has 2 atom stereocenters. The van der Waals surface area contributed by atoms with E-state index in [1.165, 1.54) is 25.8 Å². The normalized spacial score (nSPS) is 21.9. The second-order valence-corrected chi connectivity index (χ2v) is 6.52. The molecule has 4 heteroatoms. The summed E-state index contributed by atoms with van der Waals surface area (Å²) in [4.78, 5) is 13.5. The molecule has 0 saturated carbocycles. The minimum Gasteiger partial charge on any atom is -0.352 e. The van der Waals surface area contributed by atoms with Gasteiger partial charge in [-0.25, -0.2) is 0 Å². The fourth-order valence-electron chi connectivity index (χ4n) is 2.99. The number of likely N-dealkylation sites (tertiary alicyclic amines) is 1. The highest BCUT2D eigenvalue weighted by Gasteiger charge is 2.20. The van der Waals surface area contributed by atoms with Gasteiger partial charge in [-0.15, -0.1) is 0 Å². The molecule has 0 bridgehead atoms. The summed E-state index contributed by atoms with van der Waals surface area (Å²) in [5.74, 6) is -0.0401. The van der Waals surface area contributed by atoms with Gasteiger partial charge in [-0.3, -0.25) is 4.79 Å². The average Bonchev–Trinajstić information content (AvgIpc) is 2.51. The van der Waals surface area contributed by atoms with Crippen LogP contribution < -0.4 is 10.2 Å². The van der Waals surface area contributed by atoms with Gasteiger partial charge in [0.1, 0.15) is 0 Å². The second kappa shape index (κ2) is 8.96. The van der Waals surface area contributed by atoms with Crippen molar-refractivity contribution in [2.24, 2.45) is 0 Å². The molecule has 1 aromatic rings. The minimum absolute atomic E-state index is 0.0401. The molecule has 0 aromatic heterocycles. The molecule has 1 unspecified atom stereocenters. The number of amides is 1. The Balaban J connectivity index is 1.65. The first kappa shape index (κ1) is 17.0. The largest absolute Gasteiger partial charge is 0.352 e. The van der Waals surface area contributed by atoms with Crippen LogP contribution in [0.2, 0.25) is 5.02 Å². The molecule has 1 amide bonds. The Morgan fingerprint density at radius 1 is 1.45 bits per heavy atom. The van der Waals surface area contributed by atoms with E-state index in [-0.39, 0.29) is 5.91 Å². The lowest BCUT2D eigenvalue weighted by atomic mass is 10.0. The van der Waals surface area contributed by atoms with Gasteiger partial charge in [0, 0.05) is 24.1 Å². The molecule has 0 aliphatic carbocycles. The van der Waals surface area contributed by atoms with E-state index in [9.17, 15) is 4.79 Å². The van der Waals surface area contributed by atoms with Gasteiger partial charge in [0.05, 0.1) is 19.1 Å². The zero-order valence-corrected chi connectivity index (χ0v) is 14.0. The van der Waals surface area contributed by atoms with Crippen LogP contribution in [-0.2, 0) is 4.79 Å². The van der Waals surface area contributed by atoms with Gasteiger partial charge in [0.15, 0.2) is 0 Å². The Hall–Kier alpha value is -1.32. The zero-order chi connectivity index (χ0) is 15.8. The van der Waals surface area contributed by atoms with Crippen LogP contribution in [0.5, 0.6) is 0 Å². The Kier molecular flexibility index (Phi) is 6.94. The van der Waals surface area contributed by atoms with Gasteiger partial charge >= 0.3 is 0 Å². The Bertz CT molecular complexity index is 516. The van der Waals surface area contributed by atoms with Gasteiger partial charge < -0.3 is 10.2 Å². The maximum atomic E-state index is 11.8. The third kappa shape index (κ3) is 5.82. The molecule has 0 radical (unpaired) electrons. The van der Waals surface area contributed by atoms with Crippen molar-refractivity contribution in [1.82, 2.24) is 5.32 Å². The summed E-state index contributed by atoms with van der Waals surface area (Å²) >= 11 is 5.91. The smallest absolute Gasteiger partial charge is 0.244 e. The van der Waals surface area contributed by atoms with E-state index >= 15 is 0 Å². The van der Waals surface area contributed by atoms with Gasteiger partial charge in [-0.05, 0) is 50.0 Å². The third-order valence-electron chi connectivity index (χ3n) is 4.33. The summed E-state index contributed by atoms with van der Waals surface area (Å²) in [5, 5.41) is 3.63. The quantitative estimate of drug-likeness (QED) is 0.612. The zero-order valence-electron chi connectivity index (χ0n) is 13.3. The number of hydrogen-bond acceptors (Lipinski definition) is 1. The predicted molar refractivity (Wildman–Crippen MR) is 92.1 cm³/mol. The van der Waals surface area contributed by atoms with E-state index < -0.39 is 0 Å². The van der Waals surface area contributed by atoms with Crippen molar-refractivity contribution in [2.75, 3.05) is 19.6 Å². The van der Waals surface area contributed by atoms with E-state index in [2.05, 4.69) is 12.2 Å². The van der Waals surface area contributed by atoms with Crippen LogP contribution in [0.25, 0.3) is 6.08 Å². The number of halogens is 1. The number of carbonyl (C=O) groups is 1. The van der Waals surface area contributed by atoms with E-state index in [1.54, 1.807) is 17.1 Å². The van der Waals surface area contributed by atoms with Crippen LogP contribution in [0, 0.1) is 0 Å². The Morgan fingerprint density at radius 2 is 2.32 bits per heavy atom. The van der Waals surface area contributed by atoms with Crippen molar-refractivity contribution in [3.63, 3.8) is 0 Å². The highest BCUT2D eigenvalue weighted by atomic mass is 35.5. The predicted octanol–water partition coefficient (Wildman–Crippen LogP) is 2.32. The van der Waals surface area contributed by atoms with Crippen molar-refractivity contribution in [3.05, 3.63) is 40.9 Å². The fraction of sp³-hybridized carbons (Fsp3) is 0.500. The van der Waals surface area contributed by atoms with E-state index in [4.69, 9.17) is 11.6 Å². The number of benzene rings is 1. The van der Waals surface area contributed by atoms with Crippen LogP contribution in [0.1, 0.15) is 38.2 Å². The number of piperidine rings is 1. The standard InChI is InChI=1S/C18H25ClN2O/c1-15-6-2-3-12-21(15)13-5-11-20-18(22)10-9-16-7-4-8-17(19)14-16/h4,7-10,14-15H,2-3,5-6,11-13H2,1H3,(H,20,22)/p+1/b10-9+/t15-/m1/s1. The molecular weight excluding hydrogens is 296 g/mol. The van der Waals surface area contributed by atoms with E-state index in [0.717, 1.165) is 31.1 Å². The van der Waals surface area contributed by atoms with Crippen molar-refractivity contribution in [1.29, 1.82) is 0 Å². The SMILES string of the molecule is C[C@@H]1CCCC[NH+]1CCCNC(=O)/C=C/c1cccc(Cl)c1. The summed E-state index contributed by atoms with van der Waals surface area (Å²) in [5.41, 5.74) is 0.939. The van der Waals surface area contributed by atoms with Crippen LogP contribution >= 0.6 is 11.6 Å². The number of nitrogens with one attached hydrogen (secondary N) is 2. The van der Waals surface area contributed by atoms with Crippen molar-refractivity contribution in [2.45, 2.75) is 38.6 Å². The molecule has 1 aliphatic heterocycles. The molecule has 2 rings (SSSR count). The fourth-order valence-corrected chi connectivity index (χ4v) is 3.19. The maximum Gasteiger partial charge on any atom is 0.244 e. The molecular formula is C18H26ClN2O+. The number of hydrogen-bond donors (Lipinski definition) is 2. The lowest BCUT2D eigenvalue weighted by Gasteiger charge is -2.30. The third-order valence-corrected chi connectivity index (χ3v) is 4.57. The van der Waals surface area contributed by atoms with Crippen LogP contribution in [0.4, 0.5) is 0 Å². The average molecular weight is 322 g/mol. The molecule has 1 heterocycles. The monoisotopic (exact) mass is 321 g/mol. The molecule has 1 aliphatic rings. The lowest BCUT2D eigenvalue weighted by molar-refractivity contribution is -0.928. The first-order chi connectivity index (χ1) is 10.6. The maximum absolute atomic E-state index is 11.8. The summed E-state index contributed by atoms with van der Waals surface area (Å²) in [7, 11) is 0. The summed E-state index contributed by atoms with van der Waals surface area (Å²) in [6.45, 7) is 5.51. The topological polar surface area (TPSA) is 33.5 Å². The van der Waals surface area contributed by atoms with Crippen molar-refractivity contribution >= 4 is 23.6 Å². The molecule has 2 N–H and O–H groups in total. The van der Waals surface area contributed by atoms with Gasteiger partial charge in [-0.2, -0.15) is 0 Å². The molecule has 3 nitrogen and oxygen atoms in total. The summed E-state index contributed by atoms with van der Waals surface area (Å²) in [6, 6.07) is 8.24. The second-order valence-electron chi connectivity index (χ2n) is 6.09. The van der Waals surface area contributed by atoms with Crippen molar-refractivity contribution in [3.8, 4) is 0 Å². The Labute approximate surface area is 138 Å².